The van der Waals surface area contributed by atoms with Gasteiger partial charge < -0.3 is 18.9 Å². The van der Waals surface area contributed by atoms with Crippen molar-refractivity contribution in [3.8, 4) is 35.1 Å². The standard InChI is InChI=1S/C104H176N2O4/c1-9-17-25-33-41-45-53-61-67-91(65-57-49-37-29-21-13-5)87-107-101-77-79-103(109-89-93(69-59-51-39-31-23-15-7)71-63-55-47-43-35-27-19-11-3)97(83-101)81-99(85-105)95-73-75-96(76-74-95)100(86-106)82-98-84-102(108-88-92(66-58-50-38-30-22-14-6)68-62-54-46-42-34-26-18-10-2)78-80-104(98)110-90-94(70-60-52-40-32-24-16-8)72-64-56-48-44-36-28-20-12-4/h73-84,91-94H,9-72,87-90H2,1-8H3/b99-81+,100-82+. The number of benzene rings is 3. The van der Waals surface area contributed by atoms with E-state index >= 15 is 0 Å². The first-order valence-corrected chi connectivity index (χ1v) is 48.4. The van der Waals surface area contributed by atoms with Gasteiger partial charge in [-0.05, 0) is 135 Å². The van der Waals surface area contributed by atoms with Crippen LogP contribution in [0.15, 0.2) is 60.7 Å². The summed E-state index contributed by atoms with van der Waals surface area (Å²) in [6.45, 7) is 21.2. The minimum absolute atomic E-state index is 0.480. The highest BCUT2D eigenvalue weighted by Crippen LogP contribution is 2.35. The van der Waals surface area contributed by atoms with E-state index in [0.717, 1.165) is 45.3 Å². The fourth-order valence-electron chi connectivity index (χ4n) is 16.4. The molecule has 4 atom stereocenters. The number of ether oxygens (including phenoxy) is 4. The Kier molecular flexibility index (Phi) is 66.2. The molecule has 3 rings (SSSR count). The van der Waals surface area contributed by atoms with Gasteiger partial charge in [-0.1, -0.05) is 439 Å². The van der Waals surface area contributed by atoms with Gasteiger partial charge in [0.2, 0.25) is 0 Å². The molecule has 0 saturated carbocycles. The summed E-state index contributed by atoms with van der Waals surface area (Å²) >= 11 is 0. The van der Waals surface area contributed by atoms with Gasteiger partial charge in [0.05, 0.1) is 49.7 Å². The van der Waals surface area contributed by atoms with Crippen molar-refractivity contribution in [2.75, 3.05) is 26.4 Å². The van der Waals surface area contributed by atoms with Crippen molar-refractivity contribution in [3.05, 3.63) is 82.9 Å². The van der Waals surface area contributed by atoms with Crippen molar-refractivity contribution in [1.82, 2.24) is 0 Å². The van der Waals surface area contributed by atoms with Crippen LogP contribution in [-0.2, 0) is 0 Å². The first kappa shape index (κ1) is 99.5. The van der Waals surface area contributed by atoms with E-state index in [-0.39, 0.29) is 0 Å². The molecule has 0 aliphatic carbocycles. The first-order chi connectivity index (χ1) is 54.3. The molecule has 0 heterocycles. The third-order valence-electron chi connectivity index (χ3n) is 24.0. The van der Waals surface area contributed by atoms with Crippen LogP contribution in [0, 0.1) is 46.3 Å². The largest absolute Gasteiger partial charge is 0.493 e. The van der Waals surface area contributed by atoms with Gasteiger partial charge in [0.1, 0.15) is 23.0 Å². The van der Waals surface area contributed by atoms with E-state index in [2.05, 4.69) is 104 Å². The van der Waals surface area contributed by atoms with Gasteiger partial charge in [0, 0.05) is 11.1 Å². The van der Waals surface area contributed by atoms with Crippen LogP contribution in [0.3, 0.4) is 0 Å². The van der Waals surface area contributed by atoms with Gasteiger partial charge in [-0.15, -0.1) is 0 Å². The van der Waals surface area contributed by atoms with E-state index in [4.69, 9.17) is 18.9 Å². The van der Waals surface area contributed by atoms with Crippen LogP contribution < -0.4 is 18.9 Å². The first-order valence-electron chi connectivity index (χ1n) is 48.4. The smallest absolute Gasteiger partial charge is 0.126 e. The summed E-state index contributed by atoms with van der Waals surface area (Å²) in [6, 6.07) is 26.2. The Balaban J connectivity index is 2.12. The Hall–Kier alpha value is -4.68. The summed E-state index contributed by atoms with van der Waals surface area (Å²) in [6.07, 6.45) is 87.5. The zero-order valence-corrected chi connectivity index (χ0v) is 73.8. The van der Waals surface area contributed by atoms with E-state index in [1.165, 1.54) is 411 Å². The van der Waals surface area contributed by atoms with E-state index < -0.39 is 0 Å². The predicted octanol–water partition coefficient (Wildman–Crippen LogP) is 34.9. The van der Waals surface area contributed by atoms with Crippen LogP contribution >= 0.6 is 0 Å². The number of unbranched alkanes of at least 4 members (excludes halogenated alkanes) is 48. The SMILES string of the molecule is CCCCCCCCCCC(CCCCCCCC)COc1ccc(OCC(CCCCCCCC)CCCCCCCCCC)c(/C=C(\C#N)c2ccc(/C(C#N)=C/c3cc(OCC(CCCCCCCC)CCCCCCCCCC)ccc3OCC(CCCCCCCC)CCCCCCCCCC)cc2)c1. The molecule has 0 saturated heterocycles. The molecule has 0 bridgehead atoms. The highest BCUT2D eigenvalue weighted by Gasteiger charge is 2.19. The van der Waals surface area contributed by atoms with Crippen molar-refractivity contribution in [3.63, 3.8) is 0 Å². The number of nitrogens with zero attached hydrogens (tertiary/aromatic N) is 2. The Morgan fingerprint density at radius 2 is 0.427 bits per heavy atom. The van der Waals surface area contributed by atoms with Gasteiger partial charge in [-0.25, -0.2) is 0 Å². The topological polar surface area (TPSA) is 84.5 Å². The van der Waals surface area contributed by atoms with Crippen LogP contribution in [0.5, 0.6) is 23.0 Å². The Morgan fingerprint density at radius 1 is 0.245 bits per heavy atom. The average molecular weight is 1520 g/mol. The molecule has 3 aromatic rings. The fraction of sp³-hybridized carbons (Fsp3) is 0.769. The molecule has 4 unspecified atom stereocenters. The number of rotatable bonds is 80. The lowest BCUT2D eigenvalue weighted by atomic mass is 9.94. The van der Waals surface area contributed by atoms with Crippen molar-refractivity contribution in [1.29, 1.82) is 10.5 Å². The second-order valence-electron chi connectivity index (χ2n) is 34.3. The summed E-state index contributed by atoms with van der Waals surface area (Å²) in [5, 5.41) is 22.5. The quantitative estimate of drug-likeness (QED) is 0.0318. The minimum atomic E-state index is 0.480. The molecule has 0 aliphatic heterocycles. The second kappa shape index (κ2) is 73.2. The third-order valence-corrected chi connectivity index (χ3v) is 24.0. The van der Waals surface area contributed by atoms with Gasteiger partial charge in [0.25, 0.3) is 0 Å². The number of allylic oxidation sites excluding steroid dienone is 2. The number of hydrogen-bond acceptors (Lipinski definition) is 6. The Bertz CT molecular complexity index is 2510. The molecule has 0 spiro atoms. The molecule has 6 heteroatoms. The zero-order valence-electron chi connectivity index (χ0n) is 73.8. The molecule has 0 N–H and O–H groups in total. The summed E-state index contributed by atoms with van der Waals surface area (Å²) in [4.78, 5) is 0. The third kappa shape index (κ3) is 52.7. The van der Waals surface area contributed by atoms with Crippen LogP contribution in [0.2, 0.25) is 0 Å². The highest BCUT2D eigenvalue weighted by molar-refractivity contribution is 5.93. The molecular weight excluding hydrogens is 1340 g/mol. The monoisotopic (exact) mass is 1520 g/mol. The molecule has 0 aliphatic rings. The van der Waals surface area contributed by atoms with Crippen molar-refractivity contribution in [2.45, 2.75) is 466 Å². The van der Waals surface area contributed by atoms with Crippen molar-refractivity contribution >= 4 is 23.3 Å². The van der Waals surface area contributed by atoms with E-state index in [1.54, 1.807) is 0 Å². The summed E-state index contributed by atoms with van der Waals surface area (Å²) in [7, 11) is 0. The summed E-state index contributed by atoms with van der Waals surface area (Å²) < 4.78 is 27.9. The second-order valence-corrected chi connectivity index (χ2v) is 34.3. The normalized spacial score (nSPS) is 13.0. The lowest BCUT2D eigenvalue weighted by Gasteiger charge is -2.21. The minimum Gasteiger partial charge on any atom is -0.493 e. The number of hydrogen-bond donors (Lipinski definition) is 0. The maximum Gasteiger partial charge on any atom is 0.126 e. The lowest BCUT2D eigenvalue weighted by molar-refractivity contribution is 0.218. The highest BCUT2D eigenvalue weighted by atomic mass is 16.5. The van der Waals surface area contributed by atoms with Gasteiger partial charge in [-0.2, -0.15) is 10.5 Å². The molecular formula is C104H176N2O4. The lowest BCUT2D eigenvalue weighted by Crippen LogP contribution is -2.14. The maximum absolute atomic E-state index is 11.2. The molecule has 626 valence electrons. The van der Waals surface area contributed by atoms with Gasteiger partial charge >= 0.3 is 0 Å². The molecule has 110 heavy (non-hydrogen) atoms. The zero-order chi connectivity index (χ0) is 78.9. The fourth-order valence-corrected chi connectivity index (χ4v) is 16.4. The molecule has 0 radical (unpaired) electrons. The molecule has 3 aromatic carbocycles. The van der Waals surface area contributed by atoms with E-state index in [9.17, 15) is 10.5 Å². The van der Waals surface area contributed by atoms with Crippen molar-refractivity contribution < 1.29 is 18.9 Å². The van der Waals surface area contributed by atoms with Crippen LogP contribution in [-0.4, -0.2) is 26.4 Å². The average Bonchev–Trinajstić information content (AvgIpc) is 0.819. The van der Waals surface area contributed by atoms with Gasteiger partial charge in [0.15, 0.2) is 0 Å². The Morgan fingerprint density at radius 3 is 0.618 bits per heavy atom. The Labute approximate surface area is 683 Å². The molecule has 0 amide bonds. The van der Waals surface area contributed by atoms with E-state index in [0.29, 0.717) is 61.2 Å². The molecule has 6 nitrogen and oxygen atoms in total. The maximum atomic E-state index is 11.2. The predicted molar refractivity (Wildman–Crippen MR) is 483 cm³/mol. The van der Waals surface area contributed by atoms with E-state index in [1.807, 2.05) is 36.4 Å². The summed E-state index contributed by atoms with van der Waals surface area (Å²) in [5.74, 6) is 5.29. The summed E-state index contributed by atoms with van der Waals surface area (Å²) in [5.41, 5.74) is 4.48. The van der Waals surface area contributed by atoms with Crippen LogP contribution in [0.4, 0.5) is 0 Å². The van der Waals surface area contributed by atoms with Crippen LogP contribution in [0.25, 0.3) is 23.3 Å². The number of nitriles is 2. The van der Waals surface area contributed by atoms with Crippen LogP contribution in [0.1, 0.15) is 489 Å². The van der Waals surface area contributed by atoms with Gasteiger partial charge in [-0.3, -0.25) is 0 Å². The van der Waals surface area contributed by atoms with Crippen molar-refractivity contribution in [2.24, 2.45) is 23.7 Å². The molecule has 0 fully saturated rings. The molecule has 0 aromatic heterocycles.